The third-order valence-corrected chi connectivity index (χ3v) is 7.14. The monoisotopic (exact) mass is 440 g/mol. The highest BCUT2D eigenvalue weighted by Crippen LogP contribution is 2.36. The van der Waals surface area contributed by atoms with Crippen molar-refractivity contribution in [1.29, 1.82) is 0 Å². The zero-order valence-corrected chi connectivity index (χ0v) is 19.3. The minimum Gasteiger partial charge on any atom is -0.396 e. The summed E-state index contributed by atoms with van der Waals surface area (Å²) in [6, 6.07) is 15.1. The molecule has 0 saturated heterocycles. The van der Waals surface area contributed by atoms with E-state index in [1.54, 1.807) is 6.20 Å². The Morgan fingerprint density at radius 3 is 2.79 bits per heavy atom. The zero-order valence-electron chi connectivity index (χ0n) is 19.3. The average molecular weight is 441 g/mol. The predicted molar refractivity (Wildman–Crippen MR) is 134 cm³/mol. The van der Waals surface area contributed by atoms with Crippen LogP contribution in [0.5, 0.6) is 0 Å². The first kappa shape index (κ1) is 21.9. The Kier molecular flexibility index (Phi) is 6.30. The van der Waals surface area contributed by atoms with E-state index in [-0.39, 0.29) is 6.61 Å². The first-order valence-electron chi connectivity index (χ1n) is 12.1. The van der Waals surface area contributed by atoms with Crippen LogP contribution < -0.4 is 5.32 Å². The van der Waals surface area contributed by atoms with E-state index >= 15 is 0 Å². The molecule has 1 atom stereocenters. The van der Waals surface area contributed by atoms with Gasteiger partial charge in [-0.15, -0.1) is 0 Å². The van der Waals surface area contributed by atoms with Crippen LogP contribution in [0.1, 0.15) is 64.4 Å². The van der Waals surface area contributed by atoms with Gasteiger partial charge in [0.1, 0.15) is 0 Å². The molecule has 5 rings (SSSR count). The van der Waals surface area contributed by atoms with Crippen molar-refractivity contribution in [3.8, 4) is 0 Å². The van der Waals surface area contributed by atoms with Crippen LogP contribution in [0.3, 0.4) is 0 Å². The quantitative estimate of drug-likeness (QED) is 0.426. The summed E-state index contributed by atoms with van der Waals surface area (Å²) in [6.07, 6.45) is 10.3. The number of hydrogen-bond donors (Lipinski definition) is 3. The van der Waals surface area contributed by atoms with E-state index in [4.69, 9.17) is 0 Å². The van der Waals surface area contributed by atoms with Gasteiger partial charge < -0.3 is 15.5 Å². The normalized spacial score (nSPS) is 16.5. The van der Waals surface area contributed by atoms with E-state index in [1.165, 1.54) is 33.4 Å². The Bertz CT molecular complexity index is 1200. The fourth-order valence-electron chi connectivity index (χ4n) is 5.38. The zero-order chi connectivity index (χ0) is 22.8. The van der Waals surface area contributed by atoms with Crippen molar-refractivity contribution in [3.05, 3.63) is 93.8 Å². The molecule has 1 aromatic heterocycles. The summed E-state index contributed by atoms with van der Waals surface area (Å²) < 4.78 is 0. The average Bonchev–Trinajstić information content (AvgIpc) is 3.41. The van der Waals surface area contributed by atoms with Gasteiger partial charge in [0.25, 0.3) is 0 Å². The van der Waals surface area contributed by atoms with E-state index < -0.39 is 6.10 Å². The maximum Gasteiger partial charge on any atom is 0.0966 e. The van der Waals surface area contributed by atoms with Crippen LogP contribution in [0.15, 0.2) is 54.7 Å². The van der Waals surface area contributed by atoms with Gasteiger partial charge in [-0.3, -0.25) is 4.98 Å². The lowest BCUT2D eigenvalue weighted by Gasteiger charge is -2.14. The van der Waals surface area contributed by atoms with Crippen molar-refractivity contribution >= 4 is 16.9 Å². The van der Waals surface area contributed by atoms with Crippen LogP contribution in [0.25, 0.3) is 5.57 Å². The van der Waals surface area contributed by atoms with E-state index in [0.29, 0.717) is 0 Å². The Labute approximate surface area is 196 Å². The number of nitrogens with zero attached hydrogens (tertiary/aromatic N) is 1. The Morgan fingerprint density at radius 1 is 1.03 bits per heavy atom. The summed E-state index contributed by atoms with van der Waals surface area (Å²) in [5, 5.41) is 23.0. The summed E-state index contributed by atoms with van der Waals surface area (Å²) in [5.74, 6) is 0. The molecule has 2 aromatic carbocycles. The number of aliphatic hydroxyl groups excluding tert-OH is 2. The van der Waals surface area contributed by atoms with E-state index in [9.17, 15) is 10.2 Å². The molecule has 3 aromatic rings. The van der Waals surface area contributed by atoms with Gasteiger partial charge >= 0.3 is 0 Å². The maximum atomic E-state index is 10.1. The lowest BCUT2D eigenvalue weighted by molar-refractivity contribution is 0.176. The second-order valence-electron chi connectivity index (χ2n) is 9.25. The van der Waals surface area contributed by atoms with Crippen molar-refractivity contribution in [3.63, 3.8) is 0 Å². The number of anilines is 2. The van der Waals surface area contributed by atoms with Gasteiger partial charge in [-0.2, -0.15) is 0 Å². The van der Waals surface area contributed by atoms with Crippen LogP contribution in [0.4, 0.5) is 11.4 Å². The van der Waals surface area contributed by atoms with Crippen LogP contribution in [-0.2, 0) is 25.7 Å². The second-order valence-corrected chi connectivity index (χ2v) is 9.25. The molecule has 0 bridgehead atoms. The highest BCUT2D eigenvalue weighted by atomic mass is 16.3. The van der Waals surface area contributed by atoms with E-state index in [0.717, 1.165) is 67.6 Å². The SMILES string of the molecule is Cc1cc(Nc2ccnc3c2CCC3O)ccc1CCCC1=CCc2c(CCO)cccc21. The molecule has 0 radical (unpaired) electrons. The van der Waals surface area contributed by atoms with Gasteiger partial charge in [0, 0.05) is 24.2 Å². The summed E-state index contributed by atoms with van der Waals surface area (Å²) in [7, 11) is 0. The van der Waals surface area contributed by atoms with Crippen LogP contribution in [0, 0.1) is 6.92 Å². The molecule has 2 aliphatic rings. The van der Waals surface area contributed by atoms with Crippen LogP contribution >= 0.6 is 0 Å². The fraction of sp³-hybridized carbons (Fsp3) is 0.345. The summed E-state index contributed by atoms with van der Waals surface area (Å²) >= 11 is 0. The third-order valence-electron chi connectivity index (χ3n) is 7.14. The number of rotatable bonds is 8. The van der Waals surface area contributed by atoms with Gasteiger partial charge in [-0.05, 0) is 109 Å². The number of aliphatic hydroxyl groups is 2. The first-order valence-corrected chi connectivity index (χ1v) is 12.1. The maximum absolute atomic E-state index is 10.1. The van der Waals surface area contributed by atoms with Gasteiger partial charge in [0.2, 0.25) is 0 Å². The van der Waals surface area contributed by atoms with E-state index in [2.05, 4.69) is 59.7 Å². The molecule has 33 heavy (non-hydrogen) atoms. The molecule has 0 spiro atoms. The summed E-state index contributed by atoms with van der Waals surface area (Å²) in [6.45, 7) is 2.40. The molecule has 170 valence electrons. The number of aromatic nitrogens is 1. The van der Waals surface area contributed by atoms with Crippen molar-refractivity contribution in [2.24, 2.45) is 0 Å². The number of aryl methyl sites for hydroxylation is 2. The molecule has 4 nitrogen and oxygen atoms in total. The Hall–Kier alpha value is -2.95. The van der Waals surface area contributed by atoms with Crippen LogP contribution in [0.2, 0.25) is 0 Å². The predicted octanol–water partition coefficient (Wildman–Crippen LogP) is 5.61. The second kappa shape index (κ2) is 9.50. The van der Waals surface area contributed by atoms with Crippen molar-refractivity contribution in [1.82, 2.24) is 4.98 Å². The first-order chi connectivity index (χ1) is 16.1. The largest absolute Gasteiger partial charge is 0.396 e. The molecule has 1 heterocycles. The van der Waals surface area contributed by atoms with Gasteiger partial charge in [0.15, 0.2) is 0 Å². The Morgan fingerprint density at radius 2 is 1.94 bits per heavy atom. The Balaban J connectivity index is 1.21. The van der Waals surface area contributed by atoms with Crippen LogP contribution in [-0.4, -0.2) is 21.8 Å². The van der Waals surface area contributed by atoms with Crippen molar-refractivity contribution < 1.29 is 10.2 Å². The number of hydrogen-bond acceptors (Lipinski definition) is 4. The number of nitrogens with one attached hydrogen (secondary N) is 1. The van der Waals surface area contributed by atoms with Gasteiger partial charge in [-0.1, -0.05) is 30.3 Å². The molecule has 0 saturated carbocycles. The van der Waals surface area contributed by atoms with Gasteiger partial charge in [-0.25, -0.2) is 0 Å². The molecule has 0 amide bonds. The minimum absolute atomic E-state index is 0.210. The number of pyridine rings is 1. The lowest BCUT2D eigenvalue weighted by Crippen LogP contribution is -2.00. The number of fused-ring (bicyclic) bond motifs is 2. The molecular weight excluding hydrogens is 408 g/mol. The minimum atomic E-state index is -0.436. The van der Waals surface area contributed by atoms with Crippen molar-refractivity contribution in [2.45, 2.75) is 58.0 Å². The van der Waals surface area contributed by atoms with E-state index in [1.807, 2.05) is 6.07 Å². The van der Waals surface area contributed by atoms with Crippen molar-refractivity contribution in [2.75, 3.05) is 11.9 Å². The topological polar surface area (TPSA) is 65.4 Å². The molecule has 2 aliphatic carbocycles. The molecule has 3 N–H and O–H groups in total. The van der Waals surface area contributed by atoms with Gasteiger partial charge in [0.05, 0.1) is 11.8 Å². The lowest BCUT2D eigenvalue weighted by atomic mass is 9.95. The molecule has 1 unspecified atom stereocenters. The smallest absolute Gasteiger partial charge is 0.0966 e. The highest BCUT2D eigenvalue weighted by Gasteiger charge is 2.24. The molecular formula is C29H32N2O2. The molecule has 0 fully saturated rings. The summed E-state index contributed by atoms with van der Waals surface area (Å²) in [4.78, 5) is 4.36. The number of allylic oxidation sites excluding steroid dienone is 2. The summed E-state index contributed by atoms with van der Waals surface area (Å²) in [5.41, 5.74) is 12.3. The molecule has 0 aliphatic heterocycles. The third kappa shape index (κ3) is 4.46. The molecule has 4 heteroatoms. The highest BCUT2D eigenvalue weighted by molar-refractivity contribution is 5.74. The number of benzene rings is 2. The fourth-order valence-corrected chi connectivity index (χ4v) is 5.38. The standard InChI is InChI=1S/C29H32N2O2/c1-19-18-23(31-27-14-16-30-29-26(27)12-13-28(29)33)10-8-20(19)4-2-5-21-9-11-25-22(15-17-32)6-3-7-24(21)25/h3,6-10,14,16,18,28,32-33H,2,4-5,11-13,15,17H2,1H3,(H,30,31).